The quantitative estimate of drug-likeness (QED) is 0.439. The molecule has 0 aromatic heterocycles. The van der Waals surface area contributed by atoms with Gasteiger partial charge in [0.2, 0.25) is 5.78 Å². The van der Waals surface area contributed by atoms with Crippen molar-refractivity contribution in [2.24, 2.45) is 0 Å². The molecule has 0 aliphatic heterocycles. The predicted molar refractivity (Wildman–Crippen MR) is 48.1 cm³/mol. The average Bonchev–Trinajstić information content (AvgIpc) is 2.16. The summed E-state index contributed by atoms with van der Waals surface area (Å²) in [6.45, 7) is 1.18. The minimum absolute atomic E-state index is 0.0778. The summed E-state index contributed by atoms with van der Waals surface area (Å²) in [5.74, 6) is -1.78. The molecule has 0 fully saturated rings. The monoisotopic (exact) mass is 214 g/mol. The predicted octanol–water partition coefficient (Wildman–Crippen LogP) is 2.06. The first-order valence-corrected chi connectivity index (χ1v) is 4.11. The van der Waals surface area contributed by atoms with E-state index in [0.717, 1.165) is 6.07 Å². The summed E-state index contributed by atoms with van der Waals surface area (Å²) in [7, 11) is 0. The van der Waals surface area contributed by atoms with Crippen LogP contribution in [0.4, 0.5) is 8.78 Å². The Kier molecular flexibility index (Phi) is 3.49. The Morgan fingerprint density at radius 2 is 2.00 bits per heavy atom. The third-order valence-electron chi connectivity index (χ3n) is 1.58. The number of carbonyl (C=O) groups excluding carboxylic acids is 2. The van der Waals surface area contributed by atoms with Gasteiger partial charge in [-0.15, -0.1) is 0 Å². The number of hydrogen-bond donors (Lipinski definition) is 0. The molecule has 3 nitrogen and oxygen atoms in total. The second kappa shape index (κ2) is 4.63. The molecule has 1 aromatic rings. The van der Waals surface area contributed by atoms with Gasteiger partial charge in [0.05, 0.1) is 0 Å². The molecule has 0 radical (unpaired) electrons. The van der Waals surface area contributed by atoms with Crippen molar-refractivity contribution in [1.82, 2.24) is 0 Å². The molecule has 1 aromatic carbocycles. The van der Waals surface area contributed by atoms with Crippen LogP contribution < -0.4 is 4.74 Å². The van der Waals surface area contributed by atoms with Gasteiger partial charge in [0.15, 0.2) is 0 Å². The van der Waals surface area contributed by atoms with E-state index < -0.39 is 18.2 Å². The molecule has 5 heteroatoms. The summed E-state index contributed by atoms with van der Waals surface area (Å²) in [5.41, 5.74) is -0.177. The number of rotatable bonds is 3. The standard InChI is InChI=1S/C10H8F2O3/c1-6(13)15-8-4-2-3-7(5-8)9(14)10(11)12/h2-5,10H,1H3. The molecule has 0 aliphatic carbocycles. The molecule has 0 atom stereocenters. The zero-order valence-electron chi connectivity index (χ0n) is 7.87. The van der Waals surface area contributed by atoms with Crippen LogP contribution >= 0.6 is 0 Å². The van der Waals surface area contributed by atoms with Gasteiger partial charge in [-0.3, -0.25) is 9.59 Å². The van der Waals surface area contributed by atoms with Crippen LogP contribution in [0.15, 0.2) is 24.3 Å². The molecule has 0 bridgehead atoms. The third-order valence-corrected chi connectivity index (χ3v) is 1.58. The number of halogens is 2. The zero-order chi connectivity index (χ0) is 11.4. The Bertz CT molecular complexity index is 388. The number of alkyl halides is 2. The summed E-state index contributed by atoms with van der Waals surface area (Å²) in [6.07, 6.45) is -3.06. The minimum Gasteiger partial charge on any atom is -0.427 e. The van der Waals surface area contributed by atoms with Crippen molar-refractivity contribution in [3.05, 3.63) is 29.8 Å². The number of Topliss-reactive ketones (excluding diaryl/α,β-unsaturated/α-hetero) is 1. The van der Waals surface area contributed by atoms with E-state index in [0.29, 0.717) is 0 Å². The molecule has 0 aliphatic rings. The Labute approximate surface area is 84.7 Å². The number of esters is 1. The Hall–Kier alpha value is -1.78. The number of benzene rings is 1. The van der Waals surface area contributed by atoms with Crippen molar-refractivity contribution in [3.63, 3.8) is 0 Å². The minimum atomic E-state index is -3.06. The summed E-state index contributed by atoms with van der Waals surface area (Å²) < 4.78 is 28.8. The van der Waals surface area contributed by atoms with Gasteiger partial charge in [0.1, 0.15) is 5.75 Å². The molecule has 15 heavy (non-hydrogen) atoms. The molecule has 0 saturated carbocycles. The van der Waals surface area contributed by atoms with Crippen LogP contribution in [0.25, 0.3) is 0 Å². The first-order valence-electron chi connectivity index (χ1n) is 4.11. The first kappa shape index (κ1) is 11.3. The largest absolute Gasteiger partial charge is 0.427 e. The second-order valence-electron chi connectivity index (χ2n) is 2.79. The fraction of sp³-hybridized carbons (Fsp3) is 0.200. The molecule has 0 spiro atoms. The van der Waals surface area contributed by atoms with Gasteiger partial charge in [0, 0.05) is 12.5 Å². The maximum atomic E-state index is 12.1. The molecule has 0 N–H and O–H groups in total. The first-order chi connectivity index (χ1) is 7.00. The van der Waals surface area contributed by atoms with Crippen molar-refractivity contribution in [2.45, 2.75) is 13.3 Å². The maximum Gasteiger partial charge on any atom is 0.308 e. The van der Waals surface area contributed by atoms with Gasteiger partial charge < -0.3 is 4.74 Å². The van der Waals surface area contributed by atoms with E-state index in [2.05, 4.69) is 4.74 Å². The van der Waals surface area contributed by atoms with Gasteiger partial charge >= 0.3 is 12.4 Å². The zero-order valence-corrected chi connectivity index (χ0v) is 7.87. The average molecular weight is 214 g/mol. The third kappa shape index (κ3) is 3.12. The highest BCUT2D eigenvalue weighted by Gasteiger charge is 2.18. The van der Waals surface area contributed by atoms with Crippen molar-refractivity contribution in [2.75, 3.05) is 0 Å². The van der Waals surface area contributed by atoms with Crippen LogP contribution in [0.1, 0.15) is 17.3 Å². The number of carbonyl (C=O) groups is 2. The molecule has 80 valence electrons. The van der Waals surface area contributed by atoms with Crippen molar-refractivity contribution in [3.8, 4) is 5.75 Å². The van der Waals surface area contributed by atoms with E-state index in [1.54, 1.807) is 0 Å². The lowest BCUT2D eigenvalue weighted by Gasteiger charge is -2.03. The molecule has 0 heterocycles. The van der Waals surface area contributed by atoms with Gasteiger partial charge in [0.25, 0.3) is 0 Å². The van der Waals surface area contributed by atoms with Crippen molar-refractivity contribution < 1.29 is 23.1 Å². The molecule has 0 saturated heterocycles. The van der Waals surface area contributed by atoms with Gasteiger partial charge in [-0.2, -0.15) is 0 Å². The second-order valence-corrected chi connectivity index (χ2v) is 2.79. The highest BCUT2D eigenvalue weighted by Crippen LogP contribution is 2.16. The van der Waals surface area contributed by atoms with Crippen LogP contribution in [0.5, 0.6) is 5.75 Å². The van der Waals surface area contributed by atoms with E-state index >= 15 is 0 Å². The summed E-state index contributed by atoms with van der Waals surface area (Å²) in [5, 5.41) is 0. The molecule has 1 rings (SSSR count). The van der Waals surface area contributed by atoms with E-state index in [4.69, 9.17) is 0 Å². The summed E-state index contributed by atoms with van der Waals surface area (Å²) >= 11 is 0. The van der Waals surface area contributed by atoms with E-state index in [9.17, 15) is 18.4 Å². The lowest BCUT2D eigenvalue weighted by Crippen LogP contribution is -2.10. The molecular formula is C10H8F2O3. The van der Waals surface area contributed by atoms with Crippen LogP contribution in [0.2, 0.25) is 0 Å². The van der Waals surface area contributed by atoms with E-state index in [1.165, 1.54) is 25.1 Å². The Morgan fingerprint density at radius 1 is 1.33 bits per heavy atom. The molecular weight excluding hydrogens is 206 g/mol. The van der Waals surface area contributed by atoms with Crippen molar-refractivity contribution in [1.29, 1.82) is 0 Å². The van der Waals surface area contributed by atoms with Crippen LogP contribution in [0, 0.1) is 0 Å². The molecule has 0 amide bonds. The van der Waals surface area contributed by atoms with Crippen LogP contribution in [-0.4, -0.2) is 18.2 Å². The van der Waals surface area contributed by atoms with Crippen LogP contribution in [0.3, 0.4) is 0 Å². The number of hydrogen-bond acceptors (Lipinski definition) is 3. The fourth-order valence-corrected chi connectivity index (χ4v) is 1.00. The topological polar surface area (TPSA) is 43.4 Å². The lowest BCUT2D eigenvalue weighted by atomic mass is 10.1. The van der Waals surface area contributed by atoms with Crippen LogP contribution in [-0.2, 0) is 4.79 Å². The maximum absolute atomic E-state index is 12.1. The summed E-state index contributed by atoms with van der Waals surface area (Å²) in [4.78, 5) is 21.5. The highest BCUT2D eigenvalue weighted by atomic mass is 19.3. The van der Waals surface area contributed by atoms with Gasteiger partial charge in [-0.1, -0.05) is 12.1 Å². The smallest absolute Gasteiger partial charge is 0.308 e. The summed E-state index contributed by atoms with van der Waals surface area (Å²) in [6, 6.07) is 5.12. The number of ether oxygens (including phenoxy) is 1. The fourth-order valence-electron chi connectivity index (χ4n) is 1.00. The Balaban J connectivity index is 2.92. The van der Waals surface area contributed by atoms with E-state index in [1.807, 2.05) is 0 Å². The SMILES string of the molecule is CC(=O)Oc1cccc(C(=O)C(F)F)c1. The highest BCUT2D eigenvalue weighted by molar-refractivity contribution is 5.98. The van der Waals surface area contributed by atoms with Crippen molar-refractivity contribution >= 4 is 11.8 Å². The van der Waals surface area contributed by atoms with E-state index in [-0.39, 0.29) is 11.3 Å². The normalized spacial score (nSPS) is 10.1. The van der Waals surface area contributed by atoms with Gasteiger partial charge in [-0.25, -0.2) is 8.78 Å². The molecule has 0 unspecified atom stereocenters. The Morgan fingerprint density at radius 3 is 2.53 bits per heavy atom. The van der Waals surface area contributed by atoms with Gasteiger partial charge in [-0.05, 0) is 12.1 Å². The number of ketones is 1. The lowest BCUT2D eigenvalue weighted by molar-refractivity contribution is -0.131.